The van der Waals surface area contributed by atoms with E-state index in [2.05, 4.69) is 16.7 Å². The maximum absolute atomic E-state index is 14.7. The first-order chi connectivity index (χ1) is 24.5. The summed E-state index contributed by atoms with van der Waals surface area (Å²) < 4.78 is 17.1. The van der Waals surface area contributed by atoms with E-state index in [9.17, 15) is 14.4 Å². The number of hydrogen-bond acceptors (Lipinski definition) is 8. The SMILES string of the molecule is CCN1CCN(c2cccc3c2C(=O)N(C(c2cccc(N(Cc4ccccc4)C(=O)OC(C)(C)C)c2)c2ccc(OC)c(OC)c2)C3=O)CC1. The highest BCUT2D eigenvalue weighted by Crippen LogP contribution is 2.42. The molecule has 10 nitrogen and oxygen atoms in total. The Morgan fingerprint density at radius 2 is 1.47 bits per heavy atom. The zero-order chi connectivity index (χ0) is 36.3. The lowest BCUT2D eigenvalue weighted by molar-refractivity contribution is 0.0571. The van der Waals surface area contributed by atoms with E-state index < -0.39 is 17.7 Å². The normalized spacial score (nSPS) is 15.4. The first-order valence-electron chi connectivity index (χ1n) is 17.4. The number of amides is 3. The van der Waals surface area contributed by atoms with Crippen molar-refractivity contribution in [1.29, 1.82) is 0 Å². The standard InChI is InChI=1S/C41H46N4O6/c1-7-42-21-23-43(24-22-42)33-18-12-17-32-36(33)39(47)45(38(32)46)37(30-19-20-34(49-5)35(26-30)50-6)29-15-11-16-31(25-29)44(40(48)51-41(2,3)4)27-28-13-9-8-10-14-28/h8-20,25-26,37H,7,21-24,27H2,1-6H3. The Bertz CT molecular complexity index is 1900. The van der Waals surface area contributed by atoms with Crippen molar-refractivity contribution < 1.29 is 28.6 Å². The van der Waals surface area contributed by atoms with Gasteiger partial charge in [-0.3, -0.25) is 19.4 Å². The van der Waals surface area contributed by atoms with Crippen LogP contribution in [-0.2, 0) is 11.3 Å². The van der Waals surface area contributed by atoms with Crippen LogP contribution in [0.5, 0.6) is 11.5 Å². The summed E-state index contributed by atoms with van der Waals surface area (Å²) in [6.07, 6.45) is -0.514. The number of rotatable bonds is 10. The number of anilines is 2. The Morgan fingerprint density at radius 1 is 0.784 bits per heavy atom. The molecule has 0 N–H and O–H groups in total. The van der Waals surface area contributed by atoms with Gasteiger partial charge in [-0.1, -0.05) is 61.5 Å². The fourth-order valence-corrected chi connectivity index (χ4v) is 6.81. The zero-order valence-corrected chi connectivity index (χ0v) is 30.2. The quantitative estimate of drug-likeness (QED) is 0.162. The van der Waals surface area contributed by atoms with Gasteiger partial charge in [0.15, 0.2) is 11.5 Å². The maximum Gasteiger partial charge on any atom is 0.415 e. The van der Waals surface area contributed by atoms with Crippen LogP contribution in [0.2, 0.25) is 0 Å². The summed E-state index contributed by atoms with van der Waals surface area (Å²) in [5.41, 5.74) is 3.57. The molecule has 4 aromatic rings. The van der Waals surface area contributed by atoms with Crippen molar-refractivity contribution in [2.75, 3.05) is 56.7 Å². The number of benzene rings is 4. The molecule has 0 radical (unpaired) electrons. The lowest BCUT2D eigenvalue weighted by Crippen LogP contribution is -2.46. The molecule has 0 saturated carbocycles. The molecule has 6 rings (SSSR count). The van der Waals surface area contributed by atoms with E-state index in [0.29, 0.717) is 39.4 Å². The van der Waals surface area contributed by atoms with Gasteiger partial charge in [-0.2, -0.15) is 0 Å². The highest BCUT2D eigenvalue weighted by molar-refractivity contribution is 6.24. The number of carbonyl (C=O) groups is 3. The number of methoxy groups -OCH3 is 2. The van der Waals surface area contributed by atoms with Crippen molar-refractivity contribution in [3.8, 4) is 11.5 Å². The van der Waals surface area contributed by atoms with E-state index in [0.717, 1.165) is 44.0 Å². The molecule has 0 bridgehead atoms. The van der Waals surface area contributed by atoms with E-state index >= 15 is 0 Å². The molecule has 0 aliphatic carbocycles. The summed E-state index contributed by atoms with van der Waals surface area (Å²) in [5.74, 6) is 0.217. The molecule has 10 heteroatoms. The first kappa shape index (κ1) is 35.5. The molecule has 4 aromatic carbocycles. The Hall–Kier alpha value is -5.35. The van der Waals surface area contributed by atoms with Crippen LogP contribution in [-0.4, -0.2) is 80.3 Å². The van der Waals surface area contributed by atoms with Crippen LogP contribution >= 0.6 is 0 Å². The number of hydrogen-bond donors (Lipinski definition) is 0. The number of fused-ring (bicyclic) bond motifs is 1. The van der Waals surface area contributed by atoms with E-state index in [4.69, 9.17) is 14.2 Å². The zero-order valence-electron chi connectivity index (χ0n) is 30.2. The average molecular weight is 691 g/mol. The summed E-state index contributed by atoms with van der Waals surface area (Å²) in [6.45, 7) is 12.1. The van der Waals surface area contributed by atoms with Crippen molar-refractivity contribution in [3.05, 3.63) is 119 Å². The highest BCUT2D eigenvalue weighted by Gasteiger charge is 2.44. The topological polar surface area (TPSA) is 91.9 Å². The molecule has 266 valence electrons. The van der Waals surface area contributed by atoms with Gasteiger partial charge in [-0.15, -0.1) is 0 Å². The van der Waals surface area contributed by atoms with Crippen LogP contribution in [0.15, 0.2) is 91.0 Å². The van der Waals surface area contributed by atoms with Crippen LogP contribution in [0.25, 0.3) is 0 Å². The Kier molecular flexibility index (Phi) is 10.3. The molecule has 2 aliphatic rings. The average Bonchev–Trinajstić information content (AvgIpc) is 3.39. The third kappa shape index (κ3) is 7.42. The van der Waals surface area contributed by atoms with Crippen LogP contribution in [0.3, 0.4) is 0 Å². The monoisotopic (exact) mass is 690 g/mol. The Balaban J connectivity index is 1.46. The van der Waals surface area contributed by atoms with Crippen LogP contribution in [0.4, 0.5) is 16.2 Å². The molecule has 51 heavy (non-hydrogen) atoms. The van der Waals surface area contributed by atoms with Crippen molar-refractivity contribution in [2.45, 2.75) is 45.9 Å². The van der Waals surface area contributed by atoms with E-state index in [-0.39, 0.29) is 18.4 Å². The highest BCUT2D eigenvalue weighted by atomic mass is 16.6. The van der Waals surface area contributed by atoms with E-state index in [1.807, 2.05) is 93.6 Å². The van der Waals surface area contributed by atoms with Crippen LogP contribution < -0.4 is 19.3 Å². The minimum Gasteiger partial charge on any atom is -0.493 e. The van der Waals surface area contributed by atoms with Gasteiger partial charge < -0.3 is 24.0 Å². The minimum absolute atomic E-state index is 0.252. The van der Waals surface area contributed by atoms with Gasteiger partial charge in [-0.05, 0) is 80.4 Å². The summed E-state index contributed by atoms with van der Waals surface area (Å²) >= 11 is 0. The van der Waals surface area contributed by atoms with Crippen LogP contribution in [0, 0.1) is 0 Å². The third-order valence-electron chi connectivity index (χ3n) is 9.36. The van der Waals surface area contributed by atoms with Gasteiger partial charge in [0.05, 0.1) is 43.6 Å². The molecule has 1 unspecified atom stereocenters. The van der Waals surface area contributed by atoms with Crippen LogP contribution in [0.1, 0.15) is 71.1 Å². The van der Waals surface area contributed by atoms with Gasteiger partial charge in [0.2, 0.25) is 0 Å². The van der Waals surface area contributed by atoms with Gasteiger partial charge in [0.1, 0.15) is 5.60 Å². The van der Waals surface area contributed by atoms with Gasteiger partial charge >= 0.3 is 6.09 Å². The van der Waals surface area contributed by atoms with E-state index in [1.54, 1.807) is 37.3 Å². The molecule has 2 heterocycles. The smallest absolute Gasteiger partial charge is 0.415 e. The van der Waals surface area contributed by atoms with Crippen molar-refractivity contribution in [2.24, 2.45) is 0 Å². The number of ether oxygens (including phenoxy) is 3. The number of nitrogens with zero attached hydrogens (tertiary/aromatic N) is 4. The number of carbonyl (C=O) groups excluding carboxylic acids is 3. The lowest BCUT2D eigenvalue weighted by atomic mass is 9.95. The first-order valence-corrected chi connectivity index (χ1v) is 17.4. The Labute approximate surface area is 300 Å². The molecule has 1 fully saturated rings. The van der Waals surface area contributed by atoms with Crippen molar-refractivity contribution in [3.63, 3.8) is 0 Å². The molecule has 2 aliphatic heterocycles. The lowest BCUT2D eigenvalue weighted by Gasteiger charge is -2.36. The largest absolute Gasteiger partial charge is 0.493 e. The predicted octanol–water partition coefficient (Wildman–Crippen LogP) is 7.17. The molecular weight excluding hydrogens is 644 g/mol. The molecule has 1 saturated heterocycles. The maximum atomic E-state index is 14.7. The predicted molar refractivity (Wildman–Crippen MR) is 198 cm³/mol. The molecule has 3 amide bonds. The Morgan fingerprint density at radius 3 is 2.14 bits per heavy atom. The number of piperazine rings is 1. The second-order valence-electron chi connectivity index (χ2n) is 13.8. The van der Waals surface area contributed by atoms with Gasteiger partial charge in [0.25, 0.3) is 11.8 Å². The summed E-state index contributed by atoms with van der Waals surface area (Å²) in [7, 11) is 3.11. The van der Waals surface area contributed by atoms with Crippen molar-refractivity contribution >= 4 is 29.3 Å². The fourth-order valence-electron chi connectivity index (χ4n) is 6.81. The minimum atomic E-state index is -0.862. The molecule has 0 spiro atoms. The molecule has 0 aromatic heterocycles. The number of imide groups is 1. The van der Waals surface area contributed by atoms with Gasteiger partial charge in [0, 0.05) is 31.9 Å². The number of likely N-dealkylation sites (N-methyl/N-ethyl adjacent to an activating group) is 1. The summed E-state index contributed by atoms with van der Waals surface area (Å²) in [4.78, 5) is 50.4. The summed E-state index contributed by atoms with van der Waals surface area (Å²) in [6, 6.07) is 27.1. The summed E-state index contributed by atoms with van der Waals surface area (Å²) in [5, 5.41) is 0. The van der Waals surface area contributed by atoms with Crippen molar-refractivity contribution in [1.82, 2.24) is 9.80 Å². The molecule has 1 atom stereocenters. The fraction of sp³-hybridized carbons (Fsp3) is 0.341. The second-order valence-corrected chi connectivity index (χ2v) is 13.8. The third-order valence-corrected chi connectivity index (χ3v) is 9.36. The van der Waals surface area contributed by atoms with Gasteiger partial charge in [-0.25, -0.2) is 4.79 Å². The van der Waals surface area contributed by atoms with E-state index in [1.165, 1.54) is 4.90 Å². The second kappa shape index (κ2) is 14.9. The molecular formula is C41H46N4O6.